The number of nitrogens with zero attached hydrogens (tertiary/aromatic N) is 1. The van der Waals surface area contributed by atoms with E-state index in [2.05, 4.69) is 5.32 Å². The van der Waals surface area contributed by atoms with Crippen molar-refractivity contribution in [1.29, 1.82) is 0 Å². The van der Waals surface area contributed by atoms with Crippen molar-refractivity contribution in [3.8, 4) is 5.75 Å². The molecule has 6 nitrogen and oxygen atoms in total. The van der Waals surface area contributed by atoms with Gasteiger partial charge in [0.15, 0.2) is 0 Å². The summed E-state index contributed by atoms with van der Waals surface area (Å²) in [6, 6.07) is 10.2. The molecule has 0 bridgehead atoms. The predicted molar refractivity (Wildman–Crippen MR) is 112 cm³/mol. The first-order chi connectivity index (χ1) is 13.4. The highest BCUT2D eigenvalue weighted by Gasteiger charge is 2.27. The Kier molecular flexibility index (Phi) is 6.15. The molecule has 1 aliphatic heterocycles. The van der Waals surface area contributed by atoms with E-state index in [1.165, 1.54) is 17.5 Å². The minimum atomic E-state index is -3.38. The molecule has 28 heavy (non-hydrogen) atoms. The highest BCUT2D eigenvalue weighted by Crippen LogP contribution is 2.33. The molecule has 0 atom stereocenters. The molecule has 0 unspecified atom stereocenters. The largest absolute Gasteiger partial charge is 0.496 e. The van der Waals surface area contributed by atoms with Crippen molar-refractivity contribution in [2.75, 3.05) is 29.0 Å². The molecule has 150 valence electrons. The maximum Gasteiger partial charge on any atom is 0.259 e. The summed E-state index contributed by atoms with van der Waals surface area (Å²) in [5.74, 6) is 0.132. The van der Waals surface area contributed by atoms with Gasteiger partial charge in [-0.25, -0.2) is 8.42 Å². The molecule has 3 rings (SSSR count). The van der Waals surface area contributed by atoms with Crippen molar-refractivity contribution in [1.82, 2.24) is 0 Å². The van der Waals surface area contributed by atoms with Gasteiger partial charge in [0.2, 0.25) is 10.0 Å². The van der Waals surface area contributed by atoms with Gasteiger partial charge < -0.3 is 10.1 Å². The first kappa shape index (κ1) is 20.5. The molecule has 0 fully saturated rings. The second-order valence-electron chi connectivity index (χ2n) is 6.63. The van der Waals surface area contributed by atoms with Gasteiger partial charge in [-0.3, -0.25) is 9.10 Å². The summed E-state index contributed by atoms with van der Waals surface area (Å²) in [5, 5.41) is 3.24. The first-order valence-electron chi connectivity index (χ1n) is 9.14. The average molecular weight is 423 g/mol. The first-order valence-corrected chi connectivity index (χ1v) is 11.1. The van der Waals surface area contributed by atoms with Crippen LogP contribution >= 0.6 is 11.6 Å². The average Bonchev–Trinajstić information content (AvgIpc) is 2.67. The van der Waals surface area contributed by atoms with Gasteiger partial charge >= 0.3 is 0 Å². The molecule has 8 heteroatoms. The second kappa shape index (κ2) is 8.41. The molecular weight excluding hydrogens is 400 g/mol. The van der Waals surface area contributed by atoms with Crippen LogP contribution in [0.1, 0.15) is 35.7 Å². The van der Waals surface area contributed by atoms with E-state index in [0.29, 0.717) is 40.7 Å². The number of hydrogen-bond donors (Lipinski definition) is 1. The smallest absolute Gasteiger partial charge is 0.259 e. The van der Waals surface area contributed by atoms with Crippen molar-refractivity contribution in [3.05, 3.63) is 52.5 Å². The van der Waals surface area contributed by atoms with Crippen molar-refractivity contribution in [2.24, 2.45) is 0 Å². The Morgan fingerprint density at radius 1 is 1.25 bits per heavy atom. The van der Waals surface area contributed by atoms with Crippen molar-refractivity contribution >= 4 is 38.9 Å². The lowest BCUT2D eigenvalue weighted by Gasteiger charge is -2.31. The molecule has 0 radical (unpaired) electrons. The summed E-state index contributed by atoms with van der Waals surface area (Å²) in [6.45, 7) is 2.30. The van der Waals surface area contributed by atoms with E-state index in [1.807, 2.05) is 13.0 Å². The van der Waals surface area contributed by atoms with Crippen LogP contribution in [0.5, 0.6) is 5.75 Å². The Hall–Kier alpha value is -2.25. The number of hydrogen-bond acceptors (Lipinski definition) is 4. The molecule has 1 heterocycles. The topological polar surface area (TPSA) is 75.7 Å². The molecule has 0 spiro atoms. The second-order valence-corrected chi connectivity index (χ2v) is 9.08. The number of rotatable bonds is 6. The van der Waals surface area contributed by atoms with Crippen LogP contribution < -0.4 is 14.4 Å². The number of amides is 1. The van der Waals surface area contributed by atoms with E-state index in [0.717, 1.165) is 18.4 Å². The summed E-state index contributed by atoms with van der Waals surface area (Å²) in [7, 11) is -1.90. The van der Waals surface area contributed by atoms with E-state index in [1.54, 1.807) is 24.3 Å². The molecule has 1 amide bonds. The third-order valence-corrected chi connectivity index (χ3v) is 6.83. The Morgan fingerprint density at radius 3 is 2.75 bits per heavy atom. The Balaban J connectivity index is 1.91. The number of halogens is 1. The minimum absolute atomic E-state index is 0.0999. The molecular formula is C20H23ClN2O4S. The highest BCUT2D eigenvalue weighted by molar-refractivity contribution is 7.92. The fraction of sp³-hybridized carbons (Fsp3) is 0.350. The number of ether oxygens (including phenoxy) is 1. The lowest BCUT2D eigenvalue weighted by molar-refractivity contribution is 0.102. The predicted octanol–water partition coefficient (Wildman–Crippen LogP) is 4.09. The lowest BCUT2D eigenvalue weighted by Crippen LogP contribution is -2.37. The summed E-state index contributed by atoms with van der Waals surface area (Å²) < 4.78 is 32.0. The molecule has 0 saturated heterocycles. The number of fused-ring (bicyclic) bond motifs is 1. The van der Waals surface area contributed by atoms with Crippen molar-refractivity contribution in [3.63, 3.8) is 0 Å². The Labute approximate surface area is 170 Å². The maximum absolute atomic E-state index is 12.7. The number of nitrogens with one attached hydrogen (secondary N) is 1. The molecule has 1 N–H and O–H groups in total. The van der Waals surface area contributed by atoms with Crippen LogP contribution in [0.3, 0.4) is 0 Å². The van der Waals surface area contributed by atoms with E-state index in [4.69, 9.17) is 16.3 Å². The Bertz CT molecular complexity index is 992. The molecule has 2 aromatic carbocycles. The van der Waals surface area contributed by atoms with Crippen LogP contribution in [0.15, 0.2) is 36.4 Å². The summed E-state index contributed by atoms with van der Waals surface area (Å²) in [5.41, 5.74) is 2.42. The van der Waals surface area contributed by atoms with Crippen LogP contribution in [0.25, 0.3) is 0 Å². The van der Waals surface area contributed by atoms with Gasteiger partial charge in [0.1, 0.15) is 5.75 Å². The number of benzene rings is 2. The highest BCUT2D eigenvalue weighted by atomic mass is 35.5. The summed E-state index contributed by atoms with van der Waals surface area (Å²) in [4.78, 5) is 12.7. The number of carbonyl (C=O) groups excluding carboxylic acids is 1. The van der Waals surface area contributed by atoms with Gasteiger partial charge in [-0.05, 0) is 55.2 Å². The SMILES string of the molecule is CCCS(=O)(=O)N1CCCc2ccc(NC(=O)c3cc(Cl)ccc3OC)cc21. The van der Waals surface area contributed by atoms with Gasteiger partial charge in [-0.1, -0.05) is 24.6 Å². The monoisotopic (exact) mass is 422 g/mol. The Morgan fingerprint density at radius 2 is 2.04 bits per heavy atom. The number of sulfonamides is 1. The zero-order chi connectivity index (χ0) is 20.3. The maximum atomic E-state index is 12.7. The number of anilines is 2. The van der Waals surface area contributed by atoms with Gasteiger partial charge in [0.05, 0.1) is 24.1 Å². The van der Waals surface area contributed by atoms with Crippen LogP contribution in [0, 0.1) is 0 Å². The zero-order valence-corrected chi connectivity index (χ0v) is 17.4. The zero-order valence-electron chi connectivity index (χ0n) is 15.9. The molecule has 0 aliphatic carbocycles. The van der Waals surface area contributed by atoms with E-state index in [-0.39, 0.29) is 11.7 Å². The van der Waals surface area contributed by atoms with E-state index in [9.17, 15) is 13.2 Å². The number of methoxy groups -OCH3 is 1. The van der Waals surface area contributed by atoms with Crippen LogP contribution in [-0.2, 0) is 16.4 Å². The molecule has 0 aromatic heterocycles. The van der Waals surface area contributed by atoms with Crippen molar-refractivity contribution < 1.29 is 17.9 Å². The molecule has 2 aromatic rings. The normalized spacial score (nSPS) is 13.8. The van der Waals surface area contributed by atoms with Gasteiger partial charge in [-0.15, -0.1) is 0 Å². The van der Waals surface area contributed by atoms with Crippen LogP contribution in [0.4, 0.5) is 11.4 Å². The lowest BCUT2D eigenvalue weighted by atomic mass is 10.0. The van der Waals surface area contributed by atoms with E-state index < -0.39 is 10.0 Å². The fourth-order valence-corrected chi connectivity index (χ4v) is 5.12. The van der Waals surface area contributed by atoms with E-state index >= 15 is 0 Å². The quantitative estimate of drug-likeness (QED) is 0.760. The van der Waals surface area contributed by atoms with Crippen LogP contribution in [0.2, 0.25) is 5.02 Å². The van der Waals surface area contributed by atoms with Gasteiger partial charge in [0.25, 0.3) is 5.91 Å². The van der Waals surface area contributed by atoms with Gasteiger partial charge in [0, 0.05) is 17.3 Å². The molecule has 0 saturated carbocycles. The summed E-state index contributed by atoms with van der Waals surface area (Å²) >= 11 is 6.01. The van der Waals surface area contributed by atoms with Crippen molar-refractivity contribution in [2.45, 2.75) is 26.2 Å². The number of aryl methyl sites for hydroxylation is 1. The number of carbonyl (C=O) groups is 1. The third kappa shape index (κ3) is 4.25. The summed E-state index contributed by atoms with van der Waals surface area (Å²) in [6.07, 6.45) is 2.14. The fourth-order valence-electron chi connectivity index (χ4n) is 3.33. The minimum Gasteiger partial charge on any atom is -0.496 e. The van der Waals surface area contributed by atoms with Crippen LogP contribution in [-0.4, -0.2) is 33.7 Å². The standard InChI is InChI=1S/C20H23ClN2O4S/c1-3-11-28(25,26)23-10-4-5-14-6-8-16(13-18(14)23)22-20(24)17-12-15(21)7-9-19(17)27-2/h6-9,12-13H,3-5,10-11H2,1-2H3,(H,22,24). The molecule has 1 aliphatic rings. The van der Waals surface area contributed by atoms with Gasteiger partial charge in [-0.2, -0.15) is 0 Å². The third-order valence-electron chi connectivity index (χ3n) is 4.62.